The van der Waals surface area contributed by atoms with E-state index in [2.05, 4.69) is 10.2 Å². The van der Waals surface area contributed by atoms with Crippen LogP contribution in [0.5, 0.6) is 0 Å². The van der Waals surface area contributed by atoms with E-state index in [-0.39, 0.29) is 12.4 Å². The number of benzene rings is 1. The summed E-state index contributed by atoms with van der Waals surface area (Å²) in [5.41, 5.74) is 1.14. The zero-order valence-corrected chi connectivity index (χ0v) is 19.8. The van der Waals surface area contributed by atoms with Crippen molar-refractivity contribution >= 4 is 28.8 Å². The van der Waals surface area contributed by atoms with E-state index in [1.165, 1.54) is 0 Å². The maximum atomic E-state index is 12.4. The van der Waals surface area contributed by atoms with E-state index in [1.807, 2.05) is 58.9 Å². The van der Waals surface area contributed by atoms with E-state index in [1.54, 1.807) is 4.90 Å². The van der Waals surface area contributed by atoms with Crippen LogP contribution in [0.3, 0.4) is 0 Å². The molecular formula is C23H35N5O4. The van der Waals surface area contributed by atoms with Gasteiger partial charge in [0.25, 0.3) is 0 Å². The van der Waals surface area contributed by atoms with Gasteiger partial charge >= 0.3 is 6.09 Å². The Bertz CT molecular complexity index is 888. The van der Waals surface area contributed by atoms with E-state index in [0.717, 1.165) is 16.9 Å². The van der Waals surface area contributed by atoms with Crippen molar-refractivity contribution in [2.45, 2.75) is 46.5 Å². The molecule has 1 amide bonds. The van der Waals surface area contributed by atoms with Gasteiger partial charge in [0.15, 0.2) is 17.9 Å². The lowest BCUT2D eigenvalue weighted by atomic mass is 10.2. The van der Waals surface area contributed by atoms with Gasteiger partial charge in [-0.05, 0) is 46.8 Å². The fourth-order valence-electron chi connectivity index (χ4n) is 3.47. The van der Waals surface area contributed by atoms with Gasteiger partial charge in [-0.1, -0.05) is 12.1 Å². The number of piperazine rings is 1. The van der Waals surface area contributed by atoms with E-state index < -0.39 is 5.60 Å². The number of nitrogens with one attached hydrogen (secondary N) is 1. The monoisotopic (exact) mass is 445 g/mol. The van der Waals surface area contributed by atoms with Gasteiger partial charge in [-0.2, -0.15) is 0 Å². The number of anilines is 2. The third kappa shape index (κ3) is 6.43. The lowest BCUT2D eigenvalue weighted by molar-refractivity contribution is -0.126. The summed E-state index contributed by atoms with van der Waals surface area (Å²) in [5.74, 6) is 1.44. The zero-order chi connectivity index (χ0) is 23.1. The van der Waals surface area contributed by atoms with Gasteiger partial charge in [-0.15, -0.1) is 0 Å². The van der Waals surface area contributed by atoms with Crippen molar-refractivity contribution in [3.05, 3.63) is 24.3 Å². The molecule has 1 aromatic heterocycles. The Morgan fingerprint density at radius 3 is 2.19 bits per heavy atom. The highest BCUT2D eigenvalue weighted by molar-refractivity contribution is 5.80. The standard InChI is InChI=1S/C23H35N5O4/c1-6-30-19(31-7-2)16-24-20-21(26-18-11-9-8-10-17(18)25-20)27-12-14-28(15-13-27)22(29)32-23(3,4)5/h8-11,19H,6-7,12-16H2,1-5H3,(H,24,25). The Labute approximate surface area is 190 Å². The van der Waals surface area contributed by atoms with Crippen molar-refractivity contribution < 1.29 is 19.0 Å². The molecule has 0 bridgehead atoms. The molecular weight excluding hydrogens is 410 g/mol. The maximum absolute atomic E-state index is 12.4. The molecule has 9 nitrogen and oxygen atoms in total. The summed E-state index contributed by atoms with van der Waals surface area (Å²) in [5, 5.41) is 3.37. The first-order valence-corrected chi connectivity index (χ1v) is 11.3. The topological polar surface area (TPSA) is 89.1 Å². The normalized spacial score (nSPS) is 14.8. The minimum absolute atomic E-state index is 0.281. The number of amides is 1. The second-order valence-corrected chi connectivity index (χ2v) is 8.56. The van der Waals surface area contributed by atoms with Crippen molar-refractivity contribution in [1.82, 2.24) is 14.9 Å². The number of carbonyl (C=O) groups is 1. The second kappa shape index (κ2) is 10.8. The van der Waals surface area contributed by atoms with Crippen molar-refractivity contribution in [1.29, 1.82) is 0 Å². The minimum atomic E-state index is -0.507. The van der Waals surface area contributed by atoms with Gasteiger partial charge in [0.2, 0.25) is 0 Å². The molecule has 1 N–H and O–H groups in total. The maximum Gasteiger partial charge on any atom is 0.410 e. The lowest BCUT2D eigenvalue weighted by Crippen LogP contribution is -2.50. The number of rotatable bonds is 8. The summed E-state index contributed by atoms with van der Waals surface area (Å²) in [4.78, 5) is 26.0. The molecule has 0 spiro atoms. The summed E-state index contributed by atoms with van der Waals surface area (Å²) < 4.78 is 16.8. The molecule has 1 aliphatic heterocycles. The Morgan fingerprint density at radius 1 is 1.03 bits per heavy atom. The van der Waals surface area contributed by atoms with Crippen LogP contribution in [-0.4, -0.2) is 78.8 Å². The number of ether oxygens (including phenoxy) is 3. The molecule has 176 valence electrons. The van der Waals surface area contributed by atoms with Crippen LogP contribution in [0, 0.1) is 0 Å². The van der Waals surface area contributed by atoms with E-state index in [4.69, 9.17) is 24.2 Å². The van der Waals surface area contributed by atoms with Crippen molar-refractivity contribution in [3.63, 3.8) is 0 Å². The number of nitrogens with zero attached hydrogens (tertiary/aromatic N) is 4. The third-order valence-corrected chi connectivity index (χ3v) is 4.92. The van der Waals surface area contributed by atoms with Crippen molar-refractivity contribution in [3.8, 4) is 0 Å². The molecule has 1 aliphatic rings. The van der Waals surface area contributed by atoms with Crippen LogP contribution in [0.1, 0.15) is 34.6 Å². The predicted molar refractivity (Wildman–Crippen MR) is 125 cm³/mol. The SMILES string of the molecule is CCOC(CNc1nc2ccccc2nc1N1CCN(C(=O)OC(C)(C)C)CC1)OCC. The van der Waals surface area contributed by atoms with Crippen LogP contribution in [-0.2, 0) is 14.2 Å². The molecule has 3 rings (SSSR count). The van der Waals surface area contributed by atoms with Crippen LogP contribution < -0.4 is 10.2 Å². The molecule has 1 saturated heterocycles. The molecule has 9 heteroatoms. The summed E-state index contributed by atoms with van der Waals surface area (Å²) in [6, 6.07) is 7.80. The van der Waals surface area contributed by atoms with Gasteiger partial charge < -0.3 is 29.3 Å². The first-order chi connectivity index (χ1) is 15.3. The highest BCUT2D eigenvalue weighted by Gasteiger charge is 2.28. The molecule has 0 unspecified atom stereocenters. The molecule has 0 aliphatic carbocycles. The van der Waals surface area contributed by atoms with Gasteiger partial charge in [-0.3, -0.25) is 0 Å². The molecule has 2 aromatic rings. The zero-order valence-electron chi connectivity index (χ0n) is 19.8. The Hall–Kier alpha value is -2.65. The van der Waals surface area contributed by atoms with E-state index >= 15 is 0 Å². The van der Waals surface area contributed by atoms with Crippen LogP contribution in [0.2, 0.25) is 0 Å². The van der Waals surface area contributed by atoms with Crippen molar-refractivity contribution in [2.75, 3.05) is 56.2 Å². The van der Waals surface area contributed by atoms with Gasteiger partial charge in [0, 0.05) is 39.4 Å². The fraction of sp³-hybridized carbons (Fsp3) is 0.609. The number of hydrogen-bond acceptors (Lipinski definition) is 8. The molecule has 1 fully saturated rings. The third-order valence-electron chi connectivity index (χ3n) is 4.92. The second-order valence-electron chi connectivity index (χ2n) is 8.56. The molecule has 0 radical (unpaired) electrons. The number of para-hydroxylation sites is 2. The smallest absolute Gasteiger partial charge is 0.410 e. The summed E-state index contributed by atoms with van der Waals surface area (Å²) >= 11 is 0. The minimum Gasteiger partial charge on any atom is -0.444 e. The Balaban J connectivity index is 1.76. The average Bonchev–Trinajstić information content (AvgIpc) is 2.76. The molecule has 32 heavy (non-hydrogen) atoms. The molecule has 0 saturated carbocycles. The molecule has 0 atom stereocenters. The molecule has 1 aromatic carbocycles. The Morgan fingerprint density at radius 2 is 1.62 bits per heavy atom. The number of aromatic nitrogens is 2. The molecule has 2 heterocycles. The average molecular weight is 446 g/mol. The van der Waals surface area contributed by atoms with Gasteiger partial charge in [-0.25, -0.2) is 14.8 Å². The number of hydrogen-bond donors (Lipinski definition) is 1. The largest absolute Gasteiger partial charge is 0.444 e. The predicted octanol–water partition coefficient (Wildman–Crippen LogP) is 3.50. The number of fused-ring (bicyclic) bond motifs is 1. The van der Waals surface area contributed by atoms with Crippen molar-refractivity contribution in [2.24, 2.45) is 0 Å². The van der Waals surface area contributed by atoms with Crippen LogP contribution in [0.4, 0.5) is 16.4 Å². The summed E-state index contributed by atoms with van der Waals surface area (Å²) in [6.45, 7) is 13.5. The first-order valence-electron chi connectivity index (χ1n) is 11.3. The van der Waals surface area contributed by atoms with Crippen LogP contribution >= 0.6 is 0 Å². The lowest BCUT2D eigenvalue weighted by Gasteiger charge is -2.36. The van der Waals surface area contributed by atoms with E-state index in [9.17, 15) is 4.79 Å². The highest BCUT2D eigenvalue weighted by atomic mass is 16.7. The number of carbonyl (C=O) groups excluding carboxylic acids is 1. The van der Waals surface area contributed by atoms with Gasteiger partial charge in [0.05, 0.1) is 17.6 Å². The summed E-state index contributed by atoms with van der Waals surface area (Å²) in [6.07, 6.45) is -0.647. The van der Waals surface area contributed by atoms with Gasteiger partial charge in [0.1, 0.15) is 5.60 Å². The fourth-order valence-corrected chi connectivity index (χ4v) is 3.47. The first kappa shape index (κ1) is 24.0. The highest BCUT2D eigenvalue weighted by Crippen LogP contribution is 2.26. The quantitative estimate of drug-likeness (QED) is 0.618. The van der Waals surface area contributed by atoms with E-state index in [0.29, 0.717) is 51.8 Å². The van der Waals surface area contributed by atoms with Crippen LogP contribution in [0.15, 0.2) is 24.3 Å². The Kier molecular flexibility index (Phi) is 8.09. The summed E-state index contributed by atoms with van der Waals surface area (Å²) in [7, 11) is 0. The van der Waals surface area contributed by atoms with Crippen LogP contribution in [0.25, 0.3) is 11.0 Å².